The normalized spacial score (nSPS) is 10.3. The standard InChI is InChI=1S/C20H23N5O/c1-26-18-9-5-8-17(14-18)11-12-21-19-15-23-25-20(24-19)22-13-10-16-6-3-2-4-7-16/h2-9,14-15H,10-13H2,1H3,(H2,21,22,24,25). The van der Waals surface area contributed by atoms with Crippen LogP contribution in [0, 0.1) is 0 Å². The van der Waals surface area contributed by atoms with Gasteiger partial charge in [0, 0.05) is 13.1 Å². The first-order valence-electron chi connectivity index (χ1n) is 8.68. The SMILES string of the molecule is COc1cccc(CCNc2cnnc(NCCc3ccccc3)n2)c1. The van der Waals surface area contributed by atoms with Crippen molar-refractivity contribution < 1.29 is 4.74 Å². The van der Waals surface area contributed by atoms with E-state index >= 15 is 0 Å². The highest BCUT2D eigenvalue weighted by atomic mass is 16.5. The molecule has 3 aromatic rings. The van der Waals surface area contributed by atoms with Gasteiger partial charge in [-0.15, -0.1) is 5.10 Å². The summed E-state index contributed by atoms with van der Waals surface area (Å²) in [5.74, 6) is 2.12. The van der Waals surface area contributed by atoms with Crippen LogP contribution in [0.4, 0.5) is 11.8 Å². The third-order valence-electron chi connectivity index (χ3n) is 3.95. The molecule has 0 radical (unpaired) electrons. The zero-order chi connectivity index (χ0) is 18.0. The van der Waals surface area contributed by atoms with Crippen molar-refractivity contribution in [3.8, 4) is 5.75 Å². The Morgan fingerprint density at radius 1 is 0.885 bits per heavy atom. The van der Waals surface area contributed by atoms with E-state index in [1.165, 1.54) is 11.1 Å². The van der Waals surface area contributed by atoms with Crippen LogP contribution in [0.25, 0.3) is 0 Å². The van der Waals surface area contributed by atoms with Crippen LogP contribution in [-0.4, -0.2) is 35.4 Å². The molecule has 26 heavy (non-hydrogen) atoms. The lowest BCUT2D eigenvalue weighted by Crippen LogP contribution is -2.12. The van der Waals surface area contributed by atoms with Crippen molar-refractivity contribution in [2.75, 3.05) is 30.8 Å². The number of hydrogen-bond acceptors (Lipinski definition) is 6. The van der Waals surface area contributed by atoms with E-state index in [0.29, 0.717) is 11.8 Å². The number of anilines is 2. The summed E-state index contributed by atoms with van der Waals surface area (Å²) in [4.78, 5) is 4.45. The summed E-state index contributed by atoms with van der Waals surface area (Å²) in [5.41, 5.74) is 2.49. The maximum atomic E-state index is 5.25. The first-order valence-corrected chi connectivity index (χ1v) is 8.68. The molecule has 0 aliphatic carbocycles. The molecule has 6 nitrogen and oxygen atoms in total. The van der Waals surface area contributed by atoms with Gasteiger partial charge in [-0.2, -0.15) is 10.1 Å². The molecule has 134 valence electrons. The maximum absolute atomic E-state index is 5.25. The Bertz CT molecular complexity index is 810. The monoisotopic (exact) mass is 349 g/mol. The molecule has 0 spiro atoms. The van der Waals surface area contributed by atoms with Crippen LogP contribution in [0.2, 0.25) is 0 Å². The number of nitrogens with zero attached hydrogens (tertiary/aromatic N) is 3. The van der Waals surface area contributed by atoms with Gasteiger partial charge < -0.3 is 15.4 Å². The van der Waals surface area contributed by atoms with E-state index in [9.17, 15) is 0 Å². The van der Waals surface area contributed by atoms with E-state index in [4.69, 9.17) is 4.74 Å². The van der Waals surface area contributed by atoms with Gasteiger partial charge in [0.1, 0.15) is 5.75 Å². The third-order valence-corrected chi connectivity index (χ3v) is 3.95. The molecule has 0 atom stereocenters. The van der Waals surface area contributed by atoms with Gasteiger partial charge in [-0.1, -0.05) is 42.5 Å². The molecule has 0 aliphatic heterocycles. The Hall–Kier alpha value is -3.15. The molecule has 1 heterocycles. The summed E-state index contributed by atoms with van der Waals surface area (Å²) in [7, 11) is 1.68. The molecular formula is C20H23N5O. The van der Waals surface area contributed by atoms with Crippen LogP contribution in [0.5, 0.6) is 5.75 Å². The number of methoxy groups -OCH3 is 1. The fourth-order valence-electron chi connectivity index (χ4n) is 2.59. The number of rotatable bonds is 9. The number of aromatic nitrogens is 3. The largest absolute Gasteiger partial charge is 0.497 e. The van der Waals surface area contributed by atoms with Gasteiger partial charge in [0.25, 0.3) is 0 Å². The van der Waals surface area contributed by atoms with Crippen LogP contribution < -0.4 is 15.4 Å². The maximum Gasteiger partial charge on any atom is 0.244 e. The first-order chi connectivity index (χ1) is 12.8. The Morgan fingerprint density at radius 3 is 2.50 bits per heavy atom. The average Bonchev–Trinajstić information content (AvgIpc) is 2.69. The van der Waals surface area contributed by atoms with Crippen molar-refractivity contribution in [1.29, 1.82) is 0 Å². The Labute approximate surface area is 153 Å². The van der Waals surface area contributed by atoms with Crippen molar-refractivity contribution in [3.05, 3.63) is 71.9 Å². The zero-order valence-corrected chi connectivity index (χ0v) is 14.9. The first kappa shape index (κ1) is 17.7. The highest BCUT2D eigenvalue weighted by molar-refractivity contribution is 5.37. The molecule has 0 unspecified atom stereocenters. The molecule has 0 amide bonds. The molecule has 1 aromatic heterocycles. The smallest absolute Gasteiger partial charge is 0.244 e. The second kappa shape index (κ2) is 9.36. The predicted octanol–water partition coefficient (Wildman–Crippen LogP) is 3.19. The zero-order valence-electron chi connectivity index (χ0n) is 14.9. The van der Waals surface area contributed by atoms with Gasteiger partial charge in [-0.25, -0.2) is 0 Å². The Morgan fingerprint density at radius 2 is 1.65 bits per heavy atom. The minimum atomic E-state index is 0.535. The average molecular weight is 349 g/mol. The van der Waals surface area contributed by atoms with Crippen molar-refractivity contribution in [1.82, 2.24) is 15.2 Å². The summed E-state index contributed by atoms with van der Waals surface area (Å²) in [6.07, 6.45) is 3.42. The van der Waals surface area contributed by atoms with Crippen LogP contribution in [-0.2, 0) is 12.8 Å². The summed E-state index contributed by atoms with van der Waals surface area (Å²) < 4.78 is 5.25. The van der Waals surface area contributed by atoms with Crippen molar-refractivity contribution in [2.45, 2.75) is 12.8 Å². The lowest BCUT2D eigenvalue weighted by Gasteiger charge is -2.08. The molecular weight excluding hydrogens is 326 g/mol. The minimum Gasteiger partial charge on any atom is -0.497 e. The number of benzene rings is 2. The highest BCUT2D eigenvalue weighted by Crippen LogP contribution is 2.13. The lowest BCUT2D eigenvalue weighted by atomic mass is 10.1. The van der Waals surface area contributed by atoms with E-state index in [0.717, 1.165) is 31.7 Å². The lowest BCUT2D eigenvalue weighted by molar-refractivity contribution is 0.414. The van der Waals surface area contributed by atoms with Gasteiger partial charge in [0.2, 0.25) is 5.95 Å². The predicted molar refractivity (Wildman–Crippen MR) is 104 cm³/mol. The quantitative estimate of drug-likeness (QED) is 0.618. The minimum absolute atomic E-state index is 0.535. The number of hydrogen-bond donors (Lipinski definition) is 2. The topological polar surface area (TPSA) is 72.0 Å². The van der Waals surface area contributed by atoms with Crippen LogP contribution >= 0.6 is 0 Å². The van der Waals surface area contributed by atoms with E-state index in [-0.39, 0.29) is 0 Å². The van der Waals surface area contributed by atoms with Gasteiger partial charge in [-0.3, -0.25) is 0 Å². The highest BCUT2D eigenvalue weighted by Gasteiger charge is 2.01. The van der Waals surface area contributed by atoms with Gasteiger partial charge >= 0.3 is 0 Å². The van der Waals surface area contributed by atoms with Gasteiger partial charge in [0.05, 0.1) is 13.3 Å². The second-order valence-electron chi connectivity index (χ2n) is 5.86. The summed E-state index contributed by atoms with van der Waals surface area (Å²) in [6, 6.07) is 18.4. The molecule has 0 saturated carbocycles. The summed E-state index contributed by atoms with van der Waals surface area (Å²) in [5, 5.41) is 14.5. The molecule has 0 fully saturated rings. The van der Waals surface area contributed by atoms with Crippen molar-refractivity contribution in [2.24, 2.45) is 0 Å². The molecule has 0 saturated heterocycles. The van der Waals surface area contributed by atoms with E-state index in [2.05, 4.69) is 44.0 Å². The van der Waals surface area contributed by atoms with E-state index < -0.39 is 0 Å². The summed E-state index contributed by atoms with van der Waals surface area (Å²) >= 11 is 0. The molecule has 2 aromatic carbocycles. The van der Waals surface area contributed by atoms with Crippen LogP contribution in [0.1, 0.15) is 11.1 Å². The van der Waals surface area contributed by atoms with E-state index in [1.54, 1.807) is 13.3 Å². The van der Waals surface area contributed by atoms with Crippen molar-refractivity contribution >= 4 is 11.8 Å². The fourth-order valence-corrected chi connectivity index (χ4v) is 2.59. The number of ether oxygens (including phenoxy) is 1. The molecule has 6 heteroatoms. The fraction of sp³-hybridized carbons (Fsp3) is 0.250. The van der Waals surface area contributed by atoms with Crippen LogP contribution in [0.3, 0.4) is 0 Å². The molecule has 3 rings (SSSR count). The second-order valence-corrected chi connectivity index (χ2v) is 5.86. The van der Waals surface area contributed by atoms with E-state index in [1.807, 2.05) is 36.4 Å². The summed E-state index contributed by atoms with van der Waals surface area (Å²) in [6.45, 7) is 1.52. The van der Waals surface area contributed by atoms with Gasteiger partial charge in [-0.05, 0) is 36.1 Å². The van der Waals surface area contributed by atoms with Gasteiger partial charge in [0.15, 0.2) is 5.82 Å². The molecule has 2 N–H and O–H groups in total. The van der Waals surface area contributed by atoms with Crippen LogP contribution in [0.15, 0.2) is 60.8 Å². The van der Waals surface area contributed by atoms with Crippen molar-refractivity contribution in [3.63, 3.8) is 0 Å². The Balaban J connectivity index is 1.46. The third kappa shape index (κ3) is 5.44. The Kier molecular flexibility index (Phi) is 6.36. The molecule has 0 bridgehead atoms. The molecule has 0 aliphatic rings. The number of nitrogens with one attached hydrogen (secondary N) is 2.